The molecular weight excluding hydrogens is 308 g/mol. The van der Waals surface area contributed by atoms with Gasteiger partial charge >= 0.3 is 0 Å². The molecule has 1 aliphatic carbocycles. The van der Waals surface area contributed by atoms with Crippen LogP contribution in [0.5, 0.6) is 5.75 Å². The maximum atomic E-state index is 12.1. The normalized spacial score (nSPS) is 17.6. The number of fused-ring (bicyclic) bond motifs is 1. The van der Waals surface area contributed by atoms with Gasteiger partial charge in [-0.25, -0.2) is 0 Å². The molecule has 0 aromatic heterocycles. The minimum Gasteiger partial charge on any atom is -0.496 e. The van der Waals surface area contributed by atoms with Crippen molar-refractivity contribution in [2.75, 3.05) is 19.1 Å². The van der Waals surface area contributed by atoms with Crippen molar-refractivity contribution in [2.24, 2.45) is 5.73 Å². The molecule has 0 spiro atoms. The van der Waals surface area contributed by atoms with E-state index in [1.54, 1.807) is 18.9 Å². The third-order valence-corrected chi connectivity index (χ3v) is 4.38. The van der Waals surface area contributed by atoms with Crippen molar-refractivity contribution in [3.63, 3.8) is 0 Å². The van der Waals surface area contributed by atoms with Crippen molar-refractivity contribution in [3.8, 4) is 5.75 Å². The van der Waals surface area contributed by atoms with Gasteiger partial charge in [0.2, 0.25) is 5.91 Å². The van der Waals surface area contributed by atoms with E-state index in [0.29, 0.717) is 6.42 Å². The first-order valence-corrected chi connectivity index (χ1v) is 8.27. The first-order chi connectivity index (χ1) is 9.67. The molecule has 1 amide bonds. The van der Waals surface area contributed by atoms with E-state index in [4.69, 9.17) is 10.5 Å². The second kappa shape index (κ2) is 8.51. The number of carbonyl (C=O) groups is 1. The molecule has 0 saturated heterocycles. The fourth-order valence-electron chi connectivity index (χ4n) is 2.62. The summed E-state index contributed by atoms with van der Waals surface area (Å²) < 4.78 is 5.37. The van der Waals surface area contributed by atoms with Crippen LogP contribution in [0.1, 0.15) is 30.0 Å². The number of hydrogen-bond acceptors (Lipinski definition) is 4. The van der Waals surface area contributed by atoms with Crippen LogP contribution in [0.3, 0.4) is 0 Å². The van der Waals surface area contributed by atoms with Crippen LogP contribution in [0.4, 0.5) is 0 Å². The molecule has 21 heavy (non-hydrogen) atoms. The van der Waals surface area contributed by atoms with Crippen molar-refractivity contribution in [2.45, 2.75) is 31.3 Å². The van der Waals surface area contributed by atoms with Gasteiger partial charge in [-0.3, -0.25) is 4.79 Å². The number of methoxy groups -OCH3 is 1. The molecule has 0 radical (unpaired) electrons. The van der Waals surface area contributed by atoms with Gasteiger partial charge in [-0.15, -0.1) is 12.4 Å². The highest BCUT2D eigenvalue weighted by Crippen LogP contribution is 2.36. The van der Waals surface area contributed by atoms with Crippen LogP contribution >= 0.6 is 24.2 Å². The topological polar surface area (TPSA) is 64.3 Å². The van der Waals surface area contributed by atoms with Crippen LogP contribution in [0.15, 0.2) is 18.2 Å². The quantitative estimate of drug-likeness (QED) is 0.840. The highest BCUT2D eigenvalue weighted by molar-refractivity contribution is 7.98. The monoisotopic (exact) mass is 330 g/mol. The summed E-state index contributed by atoms with van der Waals surface area (Å²) in [6.45, 7) is 0. The zero-order chi connectivity index (χ0) is 14.5. The minimum atomic E-state index is -0.419. The molecule has 1 aromatic rings. The van der Waals surface area contributed by atoms with Gasteiger partial charge in [-0.05, 0) is 48.5 Å². The van der Waals surface area contributed by atoms with Crippen LogP contribution in [0.25, 0.3) is 0 Å². The fraction of sp³-hybridized carbons (Fsp3) is 0.533. The van der Waals surface area contributed by atoms with E-state index in [2.05, 4.69) is 11.4 Å². The van der Waals surface area contributed by atoms with Gasteiger partial charge in [0.15, 0.2) is 0 Å². The Labute approximate surface area is 136 Å². The summed E-state index contributed by atoms with van der Waals surface area (Å²) in [5.74, 6) is 1.76. The predicted molar refractivity (Wildman–Crippen MR) is 90.4 cm³/mol. The first kappa shape index (κ1) is 18.1. The third-order valence-electron chi connectivity index (χ3n) is 3.73. The van der Waals surface area contributed by atoms with Crippen LogP contribution in [0.2, 0.25) is 0 Å². The lowest BCUT2D eigenvalue weighted by Gasteiger charge is -2.18. The van der Waals surface area contributed by atoms with E-state index in [0.717, 1.165) is 29.9 Å². The van der Waals surface area contributed by atoms with E-state index < -0.39 is 6.04 Å². The predicted octanol–water partition coefficient (Wildman–Crippen LogP) is 2.30. The van der Waals surface area contributed by atoms with E-state index in [1.807, 2.05) is 18.4 Å². The number of ether oxygens (including phenoxy) is 1. The number of nitrogens with two attached hydrogens (primary N) is 1. The standard InChI is InChI=1S/C15H22N2O2S.ClH/c1-19-14-5-3-4-10-11(14)6-7-13(10)17-15(18)12(16)8-9-20-2;/h3-5,12-13H,6-9,16H2,1-2H3,(H,17,18);1H/t12-,13?;/m0./s1. The Hall–Kier alpha value is -0.910. The smallest absolute Gasteiger partial charge is 0.237 e. The van der Waals surface area contributed by atoms with Gasteiger partial charge < -0.3 is 15.8 Å². The summed E-state index contributed by atoms with van der Waals surface area (Å²) >= 11 is 1.71. The molecule has 6 heteroatoms. The highest BCUT2D eigenvalue weighted by Gasteiger charge is 2.27. The number of carbonyl (C=O) groups excluding carboxylic acids is 1. The number of halogens is 1. The van der Waals surface area contributed by atoms with Crippen molar-refractivity contribution in [1.82, 2.24) is 5.32 Å². The zero-order valence-corrected chi connectivity index (χ0v) is 14.1. The van der Waals surface area contributed by atoms with Crippen LogP contribution in [-0.4, -0.2) is 31.1 Å². The van der Waals surface area contributed by atoms with Crippen LogP contribution in [-0.2, 0) is 11.2 Å². The van der Waals surface area contributed by atoms with E-state index in [9.17, 15) is 4.79 Å². The first-order valence-electron chi connectivity index (χ1n) is 6.88. The Morgan fingerprint density at radius 3 is 3.00 bits per heavy atom. The highest BCUT2D eigenvalue weighted by atomic mass is 35.5. The van der Waals surface area contributed by atoms with Gasteiger partial charge in [-0.1, -0.05) is 12.1 Å². The van der Waals surface area contributed by atoms with Crippen molar-refractivity contribution >= 4 is 30.1 Å². The molecule has 0 bridgehead atoms. The summed E-state index contributed by atoms with van der Waals surface area (Å²) in [5, 5.41) is 3.07. The Bertz CT molecular complexity index is 485. The van der Waals surface area contributed by atoms with Gasteiger partial charge in [0, 0.05) is 0 Å². The summed E-state index contributed by atoms with van der Waals surface area (Å²) in [6.07, 6.45) is 4.58. The molecule has 3 N–H and O–H groups in total. The Morgan fingerprint density at radius 1 is 1.57 bits per heavy atom. The largest absolute Gasteiger partial charge is 0.496 e. The fourth-order valence-corrected chi connectivity index (χ4v) is 3.11. The Morgan fingerprint density at radius 2 is 2.33 bits per heavy atom. The van der Waals surface area contributed by atoms with Crippen molar-refractivity contribution in [1.29, 1.82) is 0 Å². The third kappa shape index (κ3) is 4.28. The molecule has 1 unspecified atom stereocenters. The summed E-state index contributed by atoms with van der Waals surface area (Å²) in [7, 11) is 1.68. The maximum Gasteiger partial charge on any atom is 0.237 e. The molecule has 0 aliphatic heterocycles. The maximum absolute atomic E-state index is 12.1. The van der Waals surface area contributed by atoms with E-state index in [1.165, 1.54) is 5.56 Å². The molecule has 0 fully saturated rings. The second-order valence-corrected chi connectivity index (χ2v) is 6.00. The van der Waals surface area contributed by atoms with Gasteiger partial charge in [0.05, 0.1) is 19.2 Å². The van der Waals surface area contributed by atoms with Crippen molar-refractivity contribution in [3.05, 3.63) is 29.3 Å². The lowest BCUT2D eigenvalue weighted by Crippen LogP contribution is -2.42. The summed E-state index contributed by atoms with van der Waals surface area (Å²) in [4.78, 5) is 12.1. The molecule has 2 rings (SSSR count). The number of thioether (sulfide) groups is 1. The van der Waals surface area contributed by atoms with Gasteiger partial charge in [0.25, 0.3) is 0 Å². The lowest BCUT2D eigenvalue weighted by atomic mass is 10.1. The van der Waals surface area contributed by atoms with Crippen molar-refractivity contribution < 1.29 is 9.53 Å². The number of rotatable bonds is 6. The number of hydrogen-bond donors (Lipinski definition) is 2. The number of nitrogens with one attached hydrogen (secondary N) is 1. The molecule has 2 atom stereocenters. The summed E-state index contributed by atoms with van der Waals surface area (Å²) in [6, 6.07) is 5.64. The molecule has 1 aromatic carbocycles. The molecular formula is C15H23ClN2O2S. The van der Waals surface area contributed by atoms with Crippen LogP contribution in [0, 0.1) is 0 Å². The minimum absolute atomic E-state index is 0. The average Bonchev–Trinajstić information content (AvgIpc) is 2.87. The molecule has 0 saturated carbocycles. The molecule has 118 valence electrons. The Balaban J connectivity index is 0.00000220. The van der Waals surface area contributed by atoms with E-state index in [-0.39, 0.29) is 24.4 Å². The van der Waals surface area contributed by atoms with Gasteiger partial charge in [-0.2, -0.15) is 11.8 Å². The number of benzene rings is 1. The molecule has 1 aliphatic rings. The number of amides is 1. The lowest BCUT2D eigenvalue weighted by molar-refractivity contribution is -0.123. The SMILES string of the molecule is COc1cccc2c1CCC2NC(=O)[C@@H](N)CCSC.Cl. The second-order valence-electron chi connectivity index (χ2n) is 5.02. The average molecular weight is 331 g/mol. The van der Waals surface area contributed by atoms with Crippen LogP contribution < -0.4 is 15.8 Å². The molecule has 0 heterocycles. The Kier molecular flexibility index (Phi) is 7.35. The zero-order valence-electron chi connectivity index (χ0n) is 12.4. The van der Waals surface area contributed by atoms with Gasteiger partial charge in [0.1, 0.15) is 5.75 Å². The summed E-state index contributed by atoms with van der Waals surface area (Å²) in [5.41, 5.74) is 8.28. The van der Waals surface area contributed by atoms with E-state index >= 15 is 0 Å². The molecule has 4 nitrogen and oxygen atoms in total.